The van der Waals surface area contributed by atoms with Crippen molar-refractivity contribution in [3.05, 3.63) is 17.5 Å². The van der Waals surface area contributed by atoms with E-state index >= 15 is 0 Å². The number of rotatable bonds is 4. The lowest BCUT2D eigenvalue weighted by Crippen LogP contribution is -2.40. The van der Waals surface area contributed by atoms with Crippen LogP contribution in [0.4, 0.5) is 4.79 Å². The molecule has 5 rings (SSSR count). The van der Waals surface area contributed by atoms with Gasteiger partial charge >= 0.3 is 6.09 Å². The van der Waals surface area contributed by atoms with Crippen LogP contribution in [-0.4, -0.2) is 92.6 Å². The lowest BCUT2D eigenvalue weighted by Gasteiger charge is -2.31. The SMILES string of the molecule is CC(=O)N1CCC(c2nn(C)cc2CN2CC3CN(C(=O)ON4C(=O)CCC4=O)CC3C2)CC1. The summed E-state index contributed by atoms with van der Waals surface area (Å²) in [5.41, 5.74) is 2.39. The van der Waals surface area contributed by atoms with Gasteiger partial charge in [0.15, 0.2) is 0 Å². The summed E-state index contributed by atoms with van der Waals surface area (Å²) in [6.07, 6.45) is 3.56. The molecule has 1 aromatic rings. The summed E-state index contributed by atoms with van der Waals surface area (Å²) >= 11 is 0. The number of hydrogen-bond acceptors (Lipinski definition) is 7. The smallest absolute Gasteiger partial charge is 0.343 e. The minimum atomic E-state index is -0.615. The molecule has 11 nitrogen and oxygen atoms in total. The molecule has 0 spiro atoms. The normalized spacial score (nSPS) is 26.0. The first kappa shape index (κ1) is 22.8. The fourth-order valence-corrected chi connectivity index (χ4v) is 5.89. The van der Waals surface area contributed by atoms with Crippen LogP contribution in [-0.2, 0) is 32.8 Å². The Morgan fingerprint density at radius 3 is 2.21 bits per heavy atom. The van der Waals surface area contributed by atoms with Gasteiger partial charge in [-0.3, -0.25) is 24.0 Å². The summed E-state index contributed by atoms with van der Waals surface area (Å²) < 4.78 is 1.89. The number of fused-ring (bicyclic) bond motifs is 1. The third-order valence-corrected chi connectivity index (χ3v) is 7.65. The van der Waals surface area contributed by atoms with Gasteiger partial charge < -0.3 is 14.6 Å². The minimum absolute atomic E-state index is 0.0957. The van der Waals surface area contributed by atoms with E-state index in [1.807, 2.05) is 16.6 Å². The van der Waals surface area contributed by atoms with Gasteiger partial charge in [-0.25, -0.2) is 4.79 Å². The second-order valence-electron chi connectivity index (χ2n) is 10.1. The van der Waals surface area contributed by atoms with E-state index in [-0.39, 0.29) is 18.7 Å². The topological polar surface area (TPSA) is 108 Å². The second-order valence-corrected chi connectivity index (χ2v) is 10.1. The molecule has 4 saturated heterocycles. The summed E-state index contributed by atoms with van der Waals surface area (Å²) in [7, 11) is 1.95. The predicted molar refractivity (Wildman–Crippen MR) is 119 cm³/mol. The lowest BCUT2D eigenvalue weighted by molar-refractivity contribution is -0.173. The Kier molecular flexibility index (Phi) is 6.05. The largest absolute Gasteiger partial charge is 0.434 e. The molecule has 184 valence electrons. The Morgan fingerprint density at radius 2 is 1.62 bits per heavy atom. The maximum atomic E-state index is 12.5. The molecule has 4 aliphatic heterocycles. The number of hydroxylamine groups is 2. The highest BCUT2D eigenvalue weighted by Crippen LogP contribution is 2.35. The van der Waals surface area contributed by atoms with E-state index in [0.29, 0.717) is 35.9 Å². The molecule has 0 aliphatic carbocycles. The summed E-state index contributed by atoms with van der Waals surface area (Å²) in [5, 5.41) is 5.39. The van der Waals surface area contributed by atoms with Crippen molar-refractivity contribution in [1.82, 2.24) is 29.5 Å². The van der Waals surface area contributed by atoms with Gasteiger partial charge in [-0.05, 0) is 24.7 Å². The van der Waals surface area contributed by atoms with E-state index in [9.17, 15) is 19.2 Å². The third kappa shape index (κ3) is 4.40. The van der Waals surface area contributed by atoms with Crippen molar-refractivity contribution >= 4 is 23.8 Å². The van der Waals surface area contributed by atoms with E-state index in [1.54, 1.807) is 11.8 Å². The Balaban J connectivity index is 1.15. The molecule has 34 heavy (non-hydrogen) atoms. The van der Waals surface area contributed by atoms with Crippen LogP contribution in [0, 0.1) is 11.8 Å². The van der Waals surface area contributed by atoms with E-state index in [1.165, 1.54) is 5.56 Å². The first-order chi connectivity index (χ1) is 16.3. The molecule has 0 N–H and O–H groups in total. The van der Waals surface area contributed by atoms with E-state index < -0.39 is 17.9 Å². The highest BCUT2D eigenvalue weighted by Gasteiger charge is 2.44. The molecule has 4 fully saturated rings. The van der Waals surface area contributed by atoms with E-state index in [0.717, 1.165) is 51.3 Å². The average Bonchev–Trinajstić information content (AvgIpc) is 3.54. The number of nitrogens with zero attached hydrogens (tertiary/aromatic N) is 6. The Hall–Kier alpha value is -2.95. The van der Waals surface area contributed by atoms with E-state index in [4.69, 9.17) is 9.94 Å². The fourth-order valence-electron chi connectivity index (χ4n) is 5.89. The third-order valence-electron chi connectivity index (χ3n) is 7.65. The summed E-state index contributed by atoms with van der Waals surface area (Å²) in [6, 6.07) is 0. The van der Waals surface area contributed by atoms with Gasteiger partial charge in [0.2, 0.25) is 5.91 Å². The van der Waals surface area contributed by atoms with Crippen molar-refractivity contribution in [1.29, 1.82) is 0 Å². The Morgan fingerprint density at radius 1 is 1.00 bits per heavy atom. The van der Waals surface area contributed by atoms with Crippen LogP contribution in [0.5, 0.6) is 0 Å². The highest BCUT2D eigenvalue weighted by atomic mass is 16.7. The van der Waals surface area contributed by atoms with Crippen molar-refractivity contribution in [3.63, 3.8) is 0 Å². The highest BCUT2D eigenvalue weighted by molar-refractivity contribution is 6.01. The van der Waals surface area contributed by atoms with Crippen molar-refractivity contribution in [2.24, 2.45) is 18.9 Å². The van der Waals surface area contributed by atoms with Gasteiger partial charge in [-0.1, -0.05) is 0 Å². The standard InChI is InChI=1S/C23H32N6O5/c1-15(30)27-7-5-16(6-8-27)22-19(9-25(2)24-22)12-26-10-17-13-28(14-18(17)11-26)23(33)34-29-20(31)3-4-21(29)32/h9,16-18H,3-8,10-14H2,1-2H3. The van der Waals surface area contributed by atoms with Crippen molar-refractivity contribution in [2.45, 2.75) is 45.1 Å². The Labute approximate surface area is 198 Å². The van der Waals surface area contributed by atoms with Crippen molar-refractivity contribution < 1.29 is 24.0 Å². The van der Waals surface area contributed by atoms with Crippen LogP contribution in [0.25, 0.3) is 0 Å². The predicted octanol–water partition coefficient (Wildman–Crippen LogP) is 0.710. The fraction of sp³-hybridized carbons (Fsp3) is 0.696. The molecule has 0 aromatic carbocycles. The molecule has 5 heterocycles. The van der Waals surface area contributed by atoms with Crippen molar-refractivity contribution in [3.8, 4) is 0 Å². The summed E-state index contributed by atoms with van der Waals surface area (Å²) in [5.74, 6) is 0.286. The molecule has 0 bridgehead atoms. The zero-order chi connectivity index (χ0) is 24.0. The molecule has 0 radical (unpaired) electrons. The molecule has 2 atom stereocenters. The first-order valence-electron chi connectivity index (χ1n) is 12.1. The minimum Gasteiger partial charge on any atom is -0.343 e. The van der Waals surface area contributed by atoms with E-state index in [2.05, 4.69) is 11.1 Å². The van der Waals surface area contributed by atoms with Gasteiger partial charge in [0.05, 0.1) is 5.69 Å². The molecule has 0 saturated carbocycles. The lowest BCUT2D eigenvalue weighted by atomic mass is 9.91. The van der Waals surface area contributed by atoms with Crippen LogP contribution in [0.1, 0.15) is 49.8 Å². The summed E-state index contributed by atoms with van der Waals surface area (Å²) in [4.78, 5) is 58.6. The number of carbonyl (C=O) groups excluding carboxylic acids is 4. The maximum Gasteiger partial charge on any atom is 0.434 e. The van der Waals surface area contributed by atoms with Gasteiger partial charge in [0.1, 0.15) is 0 Å². The number of amides is 4. The van der Waals surface area contributed by atoms with Gasteiger partial charge in [0.25, 0.3) is 11.8 Å². The second kappa shape index (κ2) is 9.01. The van der Waals surface area contributed by atoms with Gasteiger partial charge in [-0.2, -0.15) is 5.10 Å². The number of piperidine rings is 1. The number of carbonyl (C=O) groups is 4. The molecular weight excluding hydrogens is 440 g/mol. The number of likely N-dealkylation sites (tertiary alicyclic amines) is 3. The van der Waals surface area contributed by atoms with Crippen LogP contribution in [0.15, 0.2) is 6.20 Å². The zero-order valence-electron chi connectivity index (χ0n) is 19.8. The maximum absolute atomic E-state index is 12.5. The monoisotopic (exact) mass is 472 g/mol. The first-order valence-corrected chi connectivity index (χ1v) is 12.1. The van der Waals surface area contributed by atoms with Crippen molar-refractivity contribution in [2.75, 3.05) is 39.3 Å². The van der Waals surface area contributed by atoms with Crippen LogP contribution in [0.2, 0.25) is 0 Å². The van der Waals surface area contributed by atoms with Gasteiger partial charge in [-0.15, -0.1) is 5.06 Å². The average molecular weight is 473 g/mol. The summed E-state index contributed by atoms with van der Waals surface area (Å²) in [6.45, 7) is 6.92. The number of aromatic nitrogens is 2. The number of imide groups is 1. The quantitative estimate of drug-likeness (QED) is 0.594. The molecule has 4 amide bonds. The number of aryl methyl sites for hydroxylation is 1. The molecule has 11 heteroatoms. The molecule has 2 unspecified atom stereocenters. The number of hydrogen-bond donors (Lipinski definition) is 0. The zero-order valence-corrected chi connectivity index (χ0v) is 19.8. The molecule has 1 aromatic heterocycles. The van der Waals surface area contributed by atoms with Gasteiger partial charge in [0, 0.05) is 90.3 Å². The molecular formula is C23H32N6O5. The van der Waals surface area contributed by atoms with Crippen LogP contribution in [0.3, 0.4) is 0 Å². The molecule has 4 aliphatic rings. The Bertz CT molecular complexity index is 970. The van der Waals surface area contributed by atoms with Crippen LogP contribution >= 0.6 is 0 Å². The van der Waals surface area contributed by atoms with Crippen LogP contribution < -0.4 is 0 Å².